The molecule has 1 fully saturated rings. The fourth-order valence-electron chi connectivity index (χ4n) is 4.19. The molecule has 2 N–H and O–H groups in total. The zero-order chi connectivity index (χ0) is 24.3. The van der Waals surface area contributed by atoms with Gasteiger partial charge in [0, 0.05) is 12.0 Å². The lowest BCUT2D eigenvalue weighted by molar-refractivity contribution is -0.127. The molecule has 1 aliphatic heterocycles. The lowest BCUT2D eigenvalue weighted by Crippen LogP contribution is -2.56. The summed E-state index contributed by atoms with van der Waals surface area (Å²) in [5, 5.41) is 11.2. The van der Waals surface area contributed by atoms with Crippen molar-refractivity contribution in [3.8, 4) is 0 Å². The third-order valence-electron chi connectivity index (χ3n) is 6.03. The van der Waals surface area contributed by atoms with Gasteiger partial charge in [0.1, 0.15) is 11.9 Å². The van der Waals surface area contributed by atoms with Crippen LogP contribution in [0.1, 0.15) is 49.7 Å². The Balaban J connectivity index is 1.58. The molecule has 2 heterocycles. The van der Waals surface area contributed by atoms with Crippen LogP contribution < -0.4 is 10.6 Å². The molecule has 3 aromatic rings. The van der Waals surface area contributed by atoms with Crippen molar-refractivity contribution >= 4 is 22.7 Å². The number of para-hydroxylation sites is 1. The highest BCUT2D eigenvalue weighted by atomic mass is 19.1. The van der Waals surface area contributed by atoms with Gasteiger partial charge in [0.25, 0.3) is 5.91 Å². The zero-order valence-electron chi connectivity index (χ0n) is 19.8. The Labute approximate surface area is 198 Å². The van der Waals surface area contributed by atoms with Gasteiger partial charge in [0.2, 0.25) is 5.91 Å². The second kappa shape index (κ2) is 9.93. The molecule has 7 nitrogen and oxygen atoms in total. The molecule has 2 amide bonds. The normalized spacial score (nSPS) is 17.4. The van der Waals surface area contributed by atoms with Crippen LogP contribution in [-0.2, 0) is 16.1 Å². The largest absolute Gasteiger partial charge is 0.379 e. The van der Waals surface area contributed by atoms with Crippen molar-refractivity contribution in [3.63, 3.8) is 0 Å². The van der Waals surface area contributed by atoms with E-state index in [-0.39, 0.29) is 23.5 Å². The van der Waals surface area contributed by atoms with E-state index in [1.807, 2.05) is 45.0 Å². The highest BCUT2D eigenvalue weighted by Crippen LogP contribution is 2.23. The smallest absolute Gasteiger partial charge is 0.273 e. The van der Waals surface area contributed by atoms with Crippen LogP contribution in [0.2, 0.25) is 0 Å². The van der Waals surface area contributed by atoms with Gasteiger partial charge in [-0.15, -0.1) is 0 Å². The maximum atomic E-state index is 13.4. The van der Waals surface area contributed by atoms with Gasteiger partial charge in [-0.1, -0.05) is 51.1 Å². The van der Waals surface area contributed by atoms with Crippen molar-refractivity contribution in [2.75, 3.05) is 13.2 Å². The molecule has 2 unspecified atom stereocenters. The summed E-state index contributed by atoms with van der Waals surface area (Å²) < 4.78 is 20.5. The number of carbonyl (C=O) groups excluding carboxylic acids is 2. The predicted molar refractivity (Wildman–Crippen MR) is 128 cm³/mol. The van der Waals surface area contributed by atoms with E-state index in [1.165, 1.54) is 12.1 Å². The van der Waals surface area contributed by atoms with Crippen molar-refractivity contribution in [3.05, 3.63) is 65.6 Å². The van der Waals surface area contributed by atoms with Crippen LogP contribution in [0.5, 0.6) is 0 Å². The average molecular weight is 467 g/mol. The fraction of sp³-hybridized carbons (Fsp3) is 0.423. The number of amides is 2. The first-order valence-corrected chi connectivity index (χ1v) is 11.6. The molecule has 180 valence electrons. The summed E-state index contributed by atoms with van der Waals surface area (Å²) in [5.41, 5.74) is 1.39. The summed E-state index contributed by atoms with van der Waals surface area (Å²) in [7, 11) is 0. The average Bonchev–Trinajstić information content (AvgIpc) is 3.17. The predicted octanol–water partition coefficient (Wildman–Crippen LogP) is 3.66. The number of ether oxygens (including phenoxy) is 1. The van der Waals surface area contributed by atoms with Crippen LogP contribution in [0.25, 0.3) is 10.9 Å². The molecule has 2 aromatic carbocycles. The number of aromatic nitrogens is 2. The summed E-state index contributed by atoms with van der Waals surface area (Å²) >= 11 is 0. The molecule has 0 spiro atoms. The molecule has 1 aromatic heterocycles. The Kier molecular flexibility index (Phi) is 6.97. The summed E-state index contributed by atoms with van der Waals surface area (Å²) in [6, 6.07) is 12.8. The maximum absolute atomic E-state index is 13.4. The number of hydrogen-bond acceptors (Lipinski definition) is 4. The Morgan fingerprint density at radius 3 is 2.59 bits per heavy atom. The van der Waals surface area contributed by atoms with E-state index in [9.17, 15) is 14.0 Å². The minimum absolute atomic E-state index is 0.0567. The summed E-state index contributed by atoms with van der Waals surface area (Å²) in [6.45, 7) is 7.33. The Hall–Kier alpha value is -3.26. The van der Waals surface area contributed by atoms with Gasteiger partial charge in [-0.25, -0.2) is 4.39 Å². The van der Waals surface area contributed by atoms with Crippen LogP contribution in [-0.4, -0.2) is 46.9 Å². The molecule has 0 saturated carbocycles. The molecule has 8 heteroatoms. The van der Waals surface area contributed by atoms with E-state index in [0.717, 1.165) is 23.9 Å². The Bertz CT molecular complexity index is 1160. The Morgan fingerprint density at radius 2 is 1.91 bits per heavy atom. The molecule has 4 rings (SSSR count). The lowest BCUT2D eigenvalue weighted by atomic mass is 9.85. The summed E-state index contributed by atoms with van der Waals surface area (Å²) in [4.78, 5) is 26.5. The standard InChI is InChI=1S/C26H31FN4O3/c1-26(2,3)23(25(33)28-19-7-6-14-34-16-19)29-24(32)22-20-8-4-5-9-21(20)31(30-22)15-17-10-12-18(27)13-11-17/h4-5,8-13,19,23H,6-7,14-16H2,1-3H3,(H,28,33)(H,29,32). The number of nitrogens with zero attached hydrogens (tertiary/aromatic N) is 2. The quantitative estimate of drug-likeness (QED) is 0.581. The highest BCUT2D eigenvalue weighted by Gasteiger charge is 2.35. The molecule has 0 bridgehead atoms. The lowest BCUT2D eigenvalue weighted by Gasteiger charge is -2.32. The molecule has 34 heavy (non-hydrogen) atoms. The number of hydrogen-bond donors (Lipinski definition) is 2. The molecule has 2 atom stereocenters. The summed E-state index contributed by atoms with van der Waals surface area (Å²) in [6.07, 6.45) is 1.75. The van der Waals surface area contributed by atoms with Crippen LogP contribution in [0.3, 0.4) is 0 Å². The van der Waals surface area contributed by atoms with Crippen LogP contribution in [0.4, 0.5) is 4.39 Å². The minimum Gasteiger partial charge on any atom is -0.379 e. The molecule has 1 aliphatic rings. The number of fused-ring (bicyclic) bond motifs is 1. The van der Waals surface area contributed by atoms with Gasteiger partial charge in [0.05, 0.1) is 24.7 Å². The minimum atomic E-state index is -0.747. The summed E-state index contributed by atoms with van der Waals surface area (Å²) in [5.74, 6) is -0.948. The van der Waals surface area contributed by atoms with E-state index in [0.29, 0.717) is 25.1 Å². The third kappa shape index (κ3) is 5.44. The molecular formula is C26H31FN4O3. The number of nitrogens with one attached hydrogen (secondary N) is 2. The second-order valence-corrected chi connectivity index (χ2v) is 9.85. The first kappa shape index (κ1) is 23.9. The first-order chi connectivity index (χ1) is 16.2. The van der Waals surface area contributed by atoms with Crippen molar-refractivity contribution in [2.24, 2.45) is 5.41 Å². The van der Waals surface area contributed by atoms with Crippen LogP contribution in [0, 0.1) is 11.2 Å². The fourth-order valence-corrected chi connectivity index (χ4v) is 4.19. The highest BCUT2D eigenvalue weighted by molar-refractivity contribution is 6.06. The van der Waals surface area contributed by atoms with Crippen molar-refractivity contribution in [2.45, 2.75) is 52.2 Å². The number of benzene rings is 2. The van der Waals surface area contributed by atoms with E-state index in [2.05, 4.69) is 15.7 Å². The van der Waals surface area contributed by atoms with Crippen LogP contribution in [0.15, 0.2) is 48.5 Å². The van der Waals surface area contributed by atoms with Crippen LogP contribution >= 0.6 is 0 Å². The molecule has 1 saturated heterocycles. The van der Waals surface area contributed by atoms with E-state index >= 15 is 0 Å². The van der Waals surface area contributed by atoms with Gasteiger partial charge in [-0.05, 0) is 42.0 Å². The second-order valence-electron chi connectivity index (χ2n) is 9.85. The first-order valence-electron chi connectivity index (χ1n) is 11.6. The molecule has 0 radical (unpaired) electrons. The Morgan fingerprint density at radius 1 is 1.18 bits per heavy atom. The number of rotatable bonds is 6. The van der Waals surface area contributed by atoms with Gasteiger partial charge >= 0.3 is 0 Å². The van der Waals surface area contributed by atoms with E-state index in [4.69, 9.17) is 4.74 Å². The topological polar surface area (TPSA) is 85.2 Å². The van der Waals surface area contributed by atoms with Crippen molar-refractivity contribution in [1.29, 1.82) is 0 Å². The van der Waals surface area contributed by atoms with Gasteiger partial charge < -0.3 is 15.4 Å². The number of carbonyl (C=O) groups is 2. The SMILES string of the molecule is CC(C)(C)C(NC(=O)c1nn(Cc2ccc(F)cc2)c2ccccc12)C(=O)NC1CCCOC1. The molecule has 0 aliphatic carbocycles. The number of halogens is 1. The maximum Gasteiger partial charge on any atom is 0.273 e. The molecular weight excluding hydrogens is 435 g/mol. The monoisotopic (exact) mass is 466 g/mol. The van der Waals surface area contributed by atoms with E-state index < -0.39 is 17.4 Å². The third-order valence-corrected chi connectivity index (χ3v) is 6.03. The van der Waals surface area contributed by atoms with Gasteiger partial charge in [0.15, 0.2) is 5.69 Å². The van der Waals surface area contributed by atoms with E-state index in [1.54, 1.807) is 16.8 Å². The van der Waals surface area contributed by atoms with Crippen molar-refractivity contribution < 1.29 is 18.7 Å². The van der Waals surface area contributed by atoms with Crippen molar-refractivity contribution in [1.82, 2.24) is 20.4 Å². The van der Waals surface area contributed by atoms with Gasteiger partial charge in [-0.3, -0.25) is 14.3 Å². The zero-order valence-corrected chi connectivity index (χ0v) is 19.8. The van der Waals surface area contributed by atoms with Gasteiger partial charge in [-0.2, -0.15) is 5.10 Å².